The molecule has 7 heteroatoms. The molecule has 140 valence electrons. The maximum absolute atomic E-state index is 13.4. The van der Waals surface area contributed by atoms with Crippen molar-refractivity contribution in [3.8, 4) is 0 Å². The highest BCUT2D eigenvalue weighted by atomic mass is 79.9. The number of carbonyl (C=O) groups excluding carboxylic acids is 1. The summed E-state index contributed by atoms with van der Waals surface area (Å²) in [7, 11) is 0. The molecule has 2 aliphatic heterocycles. The fourth-order valence-corrected chi connectivity index (χ4v) is 4.24. The van der Waals surface area contributed by atoms with Crippen molar-refractivity contribution in [1.82, 2.24) is 4.90 Å². The minimum Gasteiger partial charge on any atom is -0.324 e. The Morgan fingerprint density at radius 1 is 1.11 bits per heavy atom. The lowest BCUT2D eigenvalue weighted by atomic mass is 9.84. The quantitative estimate of drug-likeness (QED) is 0.593. The molecule has 2 heterocycles. The number of hydrogen-bond donors (Lipinski definition) is 0. The molecule has 0 aliphatic carbocycles. The van der Waals surface area contributed by atoms with Crippen molar-refractivity contribution in [2.24, 2.45) is 4.99 Å². The zero-order valence-electron chi connectivity index (χ0n) is 14.5. The first-order chi connectivity index (χ1) is 12.4. The van der Waals surface area contributed by atoms with Gasteiger partial charge in [0.15, 0.2) is 11.0 Å². The second kappa shape index (κ2) is 7.56. The van der Waals surface area contributed by atoms with Crippen LogP contribution in [-0.2, 0) is 5.54 Å². The third kappa shape index (κ3) is 3.84. The Bertz CT molecular complexity index is 928. The van der Waals surface area contributed by atoms with Gasteiger partial charge in [-0.2, -0.15) is 0 Å². The number of carbonyl (C=O) groups is 1. The fraction of sp³-hybridized carbons (Fsp3) is 0.200. The Balaban J connectivity index is 0.00000210. The van der Waals surface area contributed by atoms with Crippen LogP contribution in [0.2, 0.25) is 0 Å². The van der Waals surface area contributed by atoms with Crippen LogP contribution in [0.4, 0.5) is 8.78 Å². The summed E-state index contributed by atoms with van der Waals surface area (Å²) < 4.78 is 26.5. The maximum Gasteiger partial charge on any atom is 0.168 e. The van der Waals surface area contributed by atoms with Gasteiger partial charge in [0, 0.05) is 23.1 Å². The van der Waals surface area contributed by atoms with E-state index in [4.69, 9.17) is 4.99 Å². The summed E-state index contributed by atoms with van der Waals surface area (Å²) in [4.78, 5) is 20.9. The molecule has 0 amide bonds. The fourth-order valence-electron chi connectivity index (χ4n) is 3.32. The van der Waals surface area contributed by atoms with Crippen LogP contribution >= 0.6 is 28.7 Å². The molecule has 0 N–H and O–H groups in total. The smallest absolute Gasteiger partial charge is 0.168 e. The van der Waals surface area contributed by atoms with Gasteiger partial charge in [-0.3, -0.25) is 4.79 Å². The molecule has 0 saturated heterocycles. The van der Waals surface area contributed by atoms with E-state index in [2.05, 4.69) is 0 Å². The van der Waals surface area contributed by atoms with Gasteiger partial charge in [-0.25, -0.2) is 13.8 Å². The SMILES string of the molecule is Br.CC1=CN2CC(CC(=O)c3ccc(F)cc3)(c3ccc(F)cc3)N=C2S1. The van der Waals surface area contributed by atoms with Gasteiger partial charge in [0.25, 0.3) is 0 Å². The number of allylic oxidation sites excluding steroid dienone is 1. The van der Waals surface area contributed by atoms with Crippen LogP contribution in [-0.4, -0.2) is 22.4 Å². The van der Waals surface area contributed by atoms with E-state index in [1.165, 1.54) is 36.4 Å². The van der Waals surface area contributed by atoms with E-state index >= 15 is 0 Å². The third-order valence-corrected chi connectivity index (χ3v) is 5.51. The van der Waals surface area contributed by atoms with Crippen LogP contribution in [0.3, 0.4) is 0 Å². The highest BCUT2D eigenvalue weighted by molar-refractivity contribution is 8.93. The molecule has 0 saturated carbocycles. The number of nitrogens with zero attached hydrogens (tertiary/aromatic N) is 2. The molecule has 2 aromatic rings. The zero-order chi connectivity index (χ0) is 18.3. The first kappa shape index (κ1) is 19.8. The summed E-state index contributed by atoms with van der Waals surface area (Å²) in [6, 6.07) is 11.7. The topological polar surface area (TPSA) is 32.7 Å². The lowest BCUT2D eigenvalue weighted by molar-refractivity contribution is 0.0950. The van der Waals surface area contributed by atoms with Gasteiger partial charge in [-0.1, -0.05) is 23.9 Å². The van der Waals surface area contributed by atoms with Crippen molar-refractivity contribution in [1.29, 1.82) is 0 Å². The number of thioether (sulfide) groups is 1. The molecule has 2 aliphatic rings. The van der Waals surface area contributed by atoms with Crippen molar-refractivity contribution >= 4 is 39.7 Å². The second-order valence-electron chi connectivity index (χ2n) is 6.51. The molecule has 4 rings (SSSR count). The number of aliphatic imine (C=N–C) groups is 1. The van der Waals surface area contributed by atoms with Crippen molar-refractivity contribution in [3.63, 3.8) is 0 Å². The van der Waals surface area contributed by atoms with Gasteiger partial charge < -0.3 is 4.90 Å². The number of halogens is 3. The lowest BCUT2D eigenvalue weighted by Gasteiger charge is -2.27. The predicted octanol–water partition coefficient (Wildman–Crippen LogP) is 5.29. The summed E-state index contributed by atoms with van der Waals surface area (Å²) in [6.45, 7) is 2.53. The van der Waals surface area contributed by atoms with Crippen LogP contribution in [0.1, 0.15) is 29.3 Å². The van der Waals surface area contributed by atoms with E-state index < -0.39 is 5.54 Å². The second-order valence-corrected chi connectivity index (χ2v) is 7.72. The summed E-state index contributed by atoms with van der Waals surface area (Å²) in [5, 5.41) is 0.846. The molecule has 1 atom stereocenters. The Labute approximate surface area is 170 Å². The number of ketones is 1. The molecule has 3 nitrogen and oxygen atoms in total. The predicted molar refractivity (Wildman–Crippen MR) is 109 cm³/mol. The van der Waals surface area contributed by atoms with Gasteiger partial charge in [0.1, 0.15) is 17.2 Å². The minimum atomic E-state index is -0.779. The normalized spacial score (nSPS) is 20.6. The molecule has 0 radical (unpaired) electrons. The summed E-state index contributed by atoms with van der Waals surface area (Å²) >= 11 is 1.56. The highest BCUT2D eigenvalue weighted by Gasteiger charge is 2.44. The van der Waals surface area contributed by atoms with Gasteiger partial charge in [0.2, 0.25) is 0 Å². The Morgan fingerprint density at radius 3 is 2.30 bits per heavy atom. The largest absolute Gasteiger partial charge is 0.324 e. The lowest BCUT2D eigenvalue weighted by Crippen LogP contribution is -2.33. The van der Waals surface area contributed by atoms with E-state index in [0.29, 0.717) is 12.1 Å². The number of fused-ring (bicyclic) bond motifs is 1. The number of rotatable bonds is 4. The molecule has 1 unspecified atom stereocenters. The molecule has 0 aromatic heterocycles. The molecule has 0 bridgehead atoms. The third-order valence-electron chi connectivity index (χ3n) is 4.58. The van der Waals surface area contributed by atoms with E-state index in [-0.39, 0.29) is 40.8 Å². The summed E-state index contributed by atoms with van der Waals surface area (Å²) in [5.74, 6) is -0.830. The number of benzene rings is 2. The Hall–Kier alpha value is -1.99. The van der Waals surface area contributed by atoms with Crippen LogP contribution < -0.4 is 0 Å². The average Bonchev–Trinajstić information content (AvgIpc) is 3.10. The van der Waals surface area contributed by atoms with Crippen LogP contribution in [0.15, 0.2) is 64.6 Å². The standard InChI is InChI=1S/C20H16F2N2OS.BrH/c1-13-11-24-12-20(23-19(24)26-13,15-4-8-17(22)9-5-15)10-18(25)14-2-6-16(21)7-3-14;/h2-9,11H,10,12H2,1H3;1H. The number of hydrogen-bond acceptors (Lipinski definition) is 4. The van der Waals surface area contributed by atoms with E-state index in [9.17, 15) is 13.6 Å². The number of amidine groups is 1. The molecule has 27 heavy (non-hydrogen) atoms. The van der Waals surface area contributed by atoms with Crippen LogP contribution in [0, 0.1) is 11.6 Å². The van der Waals surface area contributed by atoms with Gasteiger partial charge in [-0.05, 0) is 48.9 Å². The van der Waals surface area contributed by atoms with Crippen molar-refractivity contribution < 1.29 is 13.6 Å². The van der Waals surface area contributed by atoms with Gasteiger partial charge in [-0.15, -0.1) is 17.0 Å². The monoisotopic (exact) mass is 450 g/mol. The van der Waals surface area contributed by atoms with E-state index in [1.54, 1.807) is 23.9 Å². The zero-order valence-corrected chi connectivity index (χ0v) is 17.0. The first-order valence-corrected chi connectivity index (χ1v) is 9.04. The molecule has 0 spiro atoms. The molecule has 0 fully saturated rings. The Morgan fingerprint density at radius 2 is 1.70 bits per heavy atom. The molecular weight excluding hydrogens is 434 g/mol. The minimum absolute atomic E-state index is 0. The highest BCUT2D eigenvalue weighted by Crippen LogP contribution is 2.43. The van der Waals surface area contributed by atoms with Crippen molar-refractivity contribution in [2.45, 2.75) is 18.9 Å². The van der Waals surface area contributed by atoms with Crippen LogP contribution in [0.5, 0.6) is 0 Å². The van der Waals surface area contributed by atoms with Crippen molar-refractivity contribution in [2.75, 3.05) is 6.54 Å². The van der Waals surface area contributed by atoms with Gasteiger partial charge in [0.05, 0.1) is 6.54 Å². The maximum atomic E-state index is 13.4. The van der Waals surface area contributed by atoms with Gasteiger partial charge >= 0.3 is 0 Å². The van der Waals surface area contributed by atoms with Crippen molar-refractivity contribution in [3.05, 3.63) is 82.4 Å². The van der Waals surface area contributed by atoms with E-state index in [1.807, 2.05) is 18.0 Å². The first-order valence-electron chi connectivity index (χ1n) is 8.23. The van der Waals surface area contributed by atoms with E-state index in [0.717, 1.165) is 15.6 Å². The molecule has 2 aromatic carbocycles. The van der Waals surface area contributed by atoms with Crippen LogP contribution in [0.25, 0.3) is 0 Å². The number of Topliss-reactive ketones (excluding diaryl/α,β-unsaturated/α-hetero) is 1. The summed E-state index contributed by atoms with van der Waals surface area (Å²) in [6.07, 6.45) is 2.15. The summed E-state index contributed by atoms with van der Waals surface area (Å²) in [5.41, 5.74) is 0.459. The molecular formula is C20H17BrF2N2OS. The Kier molecular flexibility index (Phi) is 5.53. The average molecular weight is 451 g/mol.